The lowest BCUT2D eigenvalue weighted by molar-refractivity contribution is 0.1000. The van der Waals surface area contributed by atoms with Crippen molar-refractivity contribution >= 4 is 5.91 Å². The van der Waals surface area contributed by atoms with E-state index in [1.165, 1.54) is 0 Å². The van der Waals surface area contributed by atoms with Gasteiger partial charge in [0.05, 0.1) is 12.7 Å². The molecule has 1 unspecified atom stereocenters. The number of aromatic nitrogens is 1. The van der Waals surface area contributed by atoms with Gasteiger partial charge in [0.2, 0.25) is 0 Å². The first-order valence-electron chi connectivity index (χ1n) is 7.95. The molecule has 0 saturated carbocycles. The van der Waals surface area contributed by atoms with Gasteiger partial charge in [0.1, 0.15) is 5.75 Å². The highest BCUT2D eigenvalue weighted by molar-refractivity contribution is 6.02. The Bertz CT molecular complexity index is 729. The molecule has 1 amide bonds. The largest absolute Gasteiger partial charge is 0.496 e. The van der Waals surface area contributed by atoms with E-state index < -0.39 is 5.91 Å². The fourth-order valence-corrected chi connectivity index (χ4v) is 3.25. The minimum atomic E-state index is -0.402. The van der Waals surface area contributed by atoms with E-state index in [1.54, 1.807) is 7.11 Å². The third-order valence-electron chi connectivity index (χ3n) is 4.69. The fraction of sp³-hybridized carbons (Fsp3) is 0.421. The zero-order valence-electron chi connectivity index (χ0n) is 14.8. The highest BCUT2D eigenvalue weighted by atomic mass is 16.5. The molecular formula is C19H26N2O2. The quantitative estimate of drug-likeness (QED) is 0.903. The molecule has 0 spiro atoms. The average molecular weight is 314 g/mol. The molecular weight excluding hydrogens is 288 g/mol. The Morgan fingerprint density at radius 3 is 2.26 bits per heavy atom. The molecule has 124 valence electrons. The maximum atomic E-state index is 12.1. The van der Waals surface area contributed by atoms with Gasteiger partial charge in [-0.15, -0.1) is 0 Å². The van der Waals surface area contributed by atoms with Crippen LogP contribution in [0.15, 0.2) is 24.3 Å². The SMILES string of the molecule is COc1ccccc1-c1c(C(N)=O)c(C)n(C(C)C(C)C)c1C. The molecule has 0 bridgehead atoms. The van der Waals surface area contributed by atoms with Gasteiger partial charge in [0, 0.05) is 28.6 Å². The highest BCUT2D eigenvalue weighted by Gasteiger charge is 2.27. The lowest BCUT2D eigenvalue weighted by Crippen LogP contribution is -2.16. The average Bonchev–Trinajstić information content (AvgIpc) is 2.77. The molecule has 4 nitrogen and oxygen atoms in total. The molecule has 0 aliphatic rings. The summed E-state index contributed by atoms with van der Waals surface area (Å²) in [6, 6.07) is 8.01. The summed E-state index contributed by atoms with van der Waals surface area (Å²) in [7, 11) is 1.64. The van der Waals surface area contributed by atoms with E-state index in [0.29, 0.717) is 11.5 Å². The van der Waals surface area contributed by atoms with Gasteiger partial charge in [-0.05, 0) is 32.8 Å². The third-order valence-corrected chi connectivity index (χ3v) is 4.69. The van der Waals surface area contributed by atoms with Gasteiger partial charge in [0.25, 0.3) is 5.91 Å². The van der Waals surface area contributed by atoms with E-state index in [2.05, 4.69) is 25.3 Å². The van der Waals surface area contributed by atoms with Crippen LogP contribution >= 0.6 is 0 Å². The topological polar surface area (TPSA) is 57.2 Å². The first-order chi connectivity index (χ1) is 10.8. The number of ether oxygens (including phenoxy) is 1. The predicted molar refractivity (Wildman–Crippen MR) is 94.0 cm³/mol. The highest BCUT2D eigenvalue weighted by Crippen LogP contribution is 2.39. The van der Waals surface area contributed by atoms with Crippen molar-refractivity contribution < 1.29 is 9.53 Å². The van der Waals surface area contributed by atoms with Crippen molar-refractivity contribution in [1.82, 2.24) is 4.57 Å². The summed E-state index contributed by atoms with van der Waals surface area (Å²) in [5.74, 6) is 0.791. The van der Waals surface area contributed by atoms with E-state index in [4.69, 9.17) is 10.5 Å². The Kier molecular flexibility index (Phi) is 4.83. The number of amides is 1. The number of primary amides is 1. The number of nitrogens with zero attached hydrogens (tertiary/aromatic N) is 1. The standard InChI is InChI=1S/C19H26N2O2/c1-11(2)12(3)21-13(4)17(18(14(21)5)19(20)22)15-9-7-8-10-16(15)23-6/h7-12H,1-6H3,(H2,20,22). The molecule has 2 N–H and O–H groups in total. The number of benzene rings is 1. The summed E-state index contributed by atoms with van der Waals surface area (Å²) in [4.78, 5) is 12.1. The predicted octanol–water partition coefficient (Wildman–Crippen LogP) is 4.10. The Morgan fingerprint density at radius 2 is 1.74 bits per heavy atom. The van der Waals surface area contributed by atoms with Crippen molar-refractivity contribution in [3.63, 3.8) is 0 Å². The first kappa shape index (κ1) is 17.1. The fourth-order valence-electron chi connectivity index (χ4n) is 3.25. The summed E-state index contributed by atoms with van der Waals surface area (Å²) in [5.41, 5.74) is 10.0. The molecule has 0 saturated heterocycles. The van der Waals surface area contributed by atoms with Crippen LogP contribution in [0, 0.1) is 19.8 Å². The van der Waals surface area contributed by atoms with Crippen LogP contribution in [0.3, 0.4) is 0 Å². The van der Waals surface area contributed by atoms with Crippen LogP contribution in [0.5, 0.6) is 5.75 Å². The summed E-state index contributed by atoms with van der Waals surface area (Å²) in [6.45, 7) is 10.5. The second-order valence-corrected chi connectivity index (χ2v) is 6.34. The molecule has 4 heteroatoms. The van der Waals surface area contributed by atoms with Gasteiger partial charge >= 0.3 is 0 Å². The Labute approximate surface area is 138 Å². The lowest BCUT2D eigenvalue weighted by atomic mass is 9.99. The van der Waals surface area contributed by atoms with Gasteiger partial charge < -0.3 is 15.0 Å². The van der Waals surface area contributed by atoms with Gasteiger partial charge in [-0.2, -0.15) is 0 Å². The molecule has 1 aromatic heterocycles. The lowest BCUT2D eigenvalue weighted by Gasteiger charge is -2.22. The van der Waals surface area contributed by atoms with E-state index in [-0.39, 0.29) is 6.04 Å². The van der Waals surface area contributed by atoms with Crippen LogP contribution in [-0.2, 0) is 0 Å². The number of carbonyl (C=O) groups is 1. The van der Waals surface area contributed by atoms with Gasteiger partial charge in [0.15, 0.2) is 0 Å². The van der Waals surface area contributed by atoms with Crippen molar-refractivity contribution in [3.8, 4) is 16.9 Å². The molecule has 0 radical (unpaired) electrons. The van der Waals surface area contributed by atoms with E-state index in [0.717, 1.165) is 28.3 Å². The third kappa shape index (κ3) is 2.85. The second kappa shape index (κ2) is 6.49. The van der Waals surface area contributed by atoms with Crippen LogP contribution in [0.1, 0.15) is 48.6 Å². The van der Waals surface area contributed by atoms with Crippen LogP contribution in [-0.4, -0.2) is 17.6 Å². The zero-order chi connectivity index (χ0) is 17.3. The van der Waals surface area contributed by atoms with E-state index in [9.17, 15) is 4.79 Å². The molecule has 1 aromatic carbocycles. The smallest absolute Gasteiger partial charge is 0.251 e. The maximum Gasteiger partial charge on any atom is 0.251 e. The molecule has 1 heterocycles. The number of carbonyl (C=O) groups excluding carboxylic acids is 1. The molecule has 2 rings (SSSR count). The number of hydrogen-bond acceptors (Lipinski definition) is 2. The second-order valence-electron chi connectivity index (χ2n) is 6.34. The van der Waals surface area contributed by atoms with Gasteiger partial charge in [-0.1, -0.05) is 32.0 Å². The van der Waals surface area contributed by atoms with Crippen LogP contribution in [0.2, 0.25) is 0 Å². The van der Waals surface area contributed by atoms with Crippen molar-refractivity contribution in [2.24, 2.45) is 11.7 Å². The Balaban J connectivity index is 2.83. The zero-order valence-corrected chi connectivity index (χ0v) is 14.8. The van der Waals surface area contributed by atoms with Crippen LogP contribution in [0.25, 0.3) is 11.1 Å². The van der Waals surface area contributed by atoms with Gasteiger partial charge in [-0.3, -0.25) is 4.79 Å². The van der Waals surface area contributed by atoms with Crippen molar-refractivity contribution in [2.45, 2.75) is 40.7 Å². The summed E-state index contributed by atoms with van der Waals surface area (Å²) in [5, 5.41) is 0. The molecule has 23 heavy (non-hydrogen) atoms. The normalized spacial score (nSPS) is 12.5. The molecule has 2 aromatic rings. The molecule has 0 aliphatic carbocycles. The molecule has 1 atom stereocenters. The summed E-state index contributed by atoms with van der Waals surface area (Å²) in [6.07, 6.45) is 0. The van der Waals surface area contributed by atoms with Crippen LogP contribution in [0.4, 0.5) is 0 Å². The van der Waals surface area contributed by atoms with Gasteiger partial charge in [-0.25, -0.2) is 0 Å². The van der Waals surface area contributed by atoms with Crippen molar-refractivity contribution in [1.29, 1.82) is 0 Å². The molecule has 0 aliphatic heterocycles. The number of rotatable bonds is 5. The Morgan fingerprint density at radius 1 is 1.13 bits per heavy atom. The minimum Gasteiger partial charge on any atom is -0.496 e. The summed E-state index contributed by atoms with van der Waals surface area (Å²) >= 11 is 0. The summed E-state index contributed by atoms with van der Waals surface area (Å²) < 4.78 is 7.70. The van der Waals surface area contributed by atoms with E-state index >= 15 is 0 Å². The Hall–Kier alpha value is -2.23. The number of hydrogen-bond donors (Lipinski definition) is 1. The molecule has 0 fully saturated rings. The monoisotopic (exact) mass is 314 g/mol. The van der Waals surface area contributed by atoms with Crippen LogP contribution < -0.4 is 10.5 Å². The minimum absolute atomic E-state index is 0.275. The number of methoxy groups -OCH3 is 1. The van der Waals surface area contributed by atoms with Crippen molar-refractivity contribution in [3.05, 3.63) is 41.2 Å². The van der Waals surface area contributed by atoms with Crippen molar-refractivity contribution in [2.75, 3.05) is 7.11 Å². The number of para-hydroxylation sites is 1. The number of nitrogens with two attached hydrogens (primary N) is 1. The van der Waals surface area contributed by atoms with E-state index in [1.807, 2.05) is 38.1 Å². The maximum absolute atomic E-state index is 12.1. The first-order valence-corrected chi connectivity index (χ1v) is 7.95.